The normalized spacial score (nSPS) is 13.7. The highest BCUT2D eigenvalue weighted by molar-refractivity contribution is 5.77. The van der Waals surface area contributed by atoms with Crippen molar-refractivity contribution in [2.45, 2.75) is 25.9 Å². The molecule has 0 radical (unpaired) electrons. The van der Waals surface area contributed by atoms with Crippen molar-refractivity contribution < 1.29 is 18.3 Å². The minimum absolute atomic E-state index is 0.250. The number of carbonyl (C=O) groups is 1. The van der Waals surface area contributed by atoms with Crippen LogP contribution in [0.2, 0.25) is 0 Å². The van der Waals surface area contributed by atoms with Gasteiger partial charge in [0.05, 0.1) is 13.2 Å². The number of hydrogen-bond acceptors (Lipinski definition) is 4. The third-order valence-corrected chi connectivity index (χ3v) is 3.26. The largest absolute Gasteiger partial charge is 0.468 e. The second kappa shape index (κ2) is 6.54. The highest BCUT2D eigenvalue weighted by atomic mass is 19.1. The van der Waals surface area contributed by atoms with Gasteiger partial charge in [0.25, 0.3) is 0 Å². The Balaban J connectivity index is 2.25. The molecule has 0 saturated carbocycles. The van der Waals surface area contributed by atoms with E-state index in [-0.39, 0.29) is 11.6 Å². The van der Waals surface area contributed by atoms with Crippen molar-refractivity contribution in [2.24, 2.45) is 0 Å². The molecule has 1 aromatic carbocycles. The van der Waals surface area contributed by atoms with Crippen LogP contribution in [0.15, 0.2) is 40.8 Å². The Bertz CT molecular complexity index is 623. The van der Waals surface area contributed by atoms with Gasteiger partial charge in [0.2, 0.25) is 0 Å². The molecule has 0 bridgehead atoms. The highest BCUT2D eigenvalue weighted by Crippen LogP contribution is 2.23. The molecule has 2 rings (SSSR count). The lowest BCUT2D eigenvalue weighted by Crippen LogP contribution is -2.32. The highest BCUT2D eigenvalue weighted by Gasteiger charge is 2.27. The van der Waals surface area contributed by atoms with Crippen molar-refractivity contribution in [1.29, 1.82) is 0 Å². The molecule has 112 valence electrons. The zero-order valence-electron chi connectivity index (χ0n) is 12.2. The van der Waals surface area contributed by atoms with Gasteiger partial charge in [0, 0.05) is 5.56 Å². The second-order valence-corrected chi connectivity index (χ2v) is 4.81. The molecule has 2 aromatic rings. The Morgan fingerprint density at radius 1 is 1.29 bits per heavy atom. The molecule has 0 amide bonds. The number of furan rings is 1. The molecule has 0 fully saturated rings. The summed E-state index contributed by atoms with van der Waals surface area (Å²) in [6.45, 7) is 3.68. The molecule has 1 aromatic heterocycles. The van der Waals surface area contributed by atoms with E-state index >= 15 is 0 Å². The van der Waals surface area contributed by atoms with Crippen LogP contribution in [0.25, 0.3) is 0 Å². The minimum atomic E-state index is -0.892. The third-order valence-electron chi connectivity index (χ3n) is 3.26. The van der Waals surface area contributed by atoms with E-state index in [4.69, 9.17) is 9.15 Å². The predicted octanol–water partition coefficient (Wildman–Crippen LogP) is 3.29. The molecule has 4 nitrogen and oxygen atoms in total. The number of ether oxygens (including phenoxy) is 1. The lowest BCUT2D eigenvalue weighted by Gasteiger charge is -2.21. The summed E-state index contributed by atoms with van der Waals surface area (Å²) in [5.41, 5.74) is 0.250. The van der Waals surface area contributed by atoms with E-state index < -0.39 is 17.8 Å². The maximum absolute atomic E-state index is 13.9. The Morgan fingerprint density at radius 3 is 2.57 bits per heavy atom. The first-order chi connectivity index (χ1) is 10.0. The first-order valence-electron chi connectivity index (χ1n) is 6.67. The van der Waals surface area contributed by atoms with E-state index in [1.54, 1.807) is 18.2 Å². The standard InChI is InChI=1S/C16H18FNO3/c1-10-8-9-14(21-10)11(2)18-15(16(19)20-3)12-6-4-5-7-13(12)17/h4-9,11,15,18H,1-3H3. The number of carbonyl (C=O) groups excluding carboxylic acids is 1. The van der Waals surface area contributed by atoms with Crippen molar-refractivity contribution in [2.75, 3.05) is 7.11 Å². The lowest BCUT2D eigenvalue weighted by molar-refractivity contribution is -0.143. The zero-order chi connectivity index (χ0) is 15.4. The Kier molecular flexibility index (Phi) is 4.75. The second-order valence-electron chi connectivity index (χ2n) is 4.81. The number of benzene rings is 1. The minimum Gasteiger partial charge on any atom is -0.468 e. The number of aryl methyl sites for hydroxylation is 1. The lowest BCUT2D eigenvalue weighted by atomic mass is 10.0. The average Bonchev–Trinajstić information content (AvgIpc) is 2.91. The fourth-order valence-corrected chi connectivity index (χ4v) is 2.13. The van der Waals surface area contributed by atoms with E-state index in [1.807, 2.05) is 26.0 Å². The Morgan fingerprint density at radius 2 is 2.00 bits per heavy atom. The number of methoxy groups -OCH3 is 1. The quantitative estimate of drug-likeness (QED) is 0.859. The first kappa shape index (κ1) is 15.3. The van der Waals surface area contributed by atoms with Crippen molar-refractivity contribution >= 4 is 5.97 Å². The molecule has 1 heterocycles. The van der Waals surface area contributed by atoms with Gasteiger partial charge in [0.15, 0.2) is 0 Å². The van der Waals surface area contributed by atoms with E-state index in [0.717, 1.165) is 5.76 Å². The molecule has 0 aliphatic carbocycles. The van der Waals surface area contributed by atoms with Crippen LogP contribution in [0.1, 0.15) is 36.1 Å². The maximum Gasteiger partial charge on any atom is 0.327 e. The molecule has 21 heavy (non-hydrogen) atoms. The van der Waals surface area contributed by atoms with Crippen molar-refractivity contribution in [3.8, 4) is 0 Å². The van der Waals surface area contributed by atoms with Crippen molar-refractivity contribution in [3.05, 3.63) is 59.3 Å². The summed E-state index contributed by atoms with van der Waals surface area (Å²) in [4.78, 5) is 12.0. The van der Waals surface area contributed by atoms with Gasteiger partial charge in [0.1, 0.15) is 23.4 Å². The molecule has 1 N–H and O–H groups in total. The van der Waals surface area contributed by atoms with Gasteiger partial charge in [-0.2, -0.15) is 0 Å². The van der Waals surface area contributed by atoms with Gasteiger partial charge >= 0.3 is 5.97 Å². The van der Waals surface area contributed by atoms with Crippen LogP contribution in [0.4, 0.5) is 4.39 Å². The van der Waals surface area contributed by atoms with Crippen LogP contribution >= 0.6 is 0 Å². The molecular formula is C16H18FNO3. The van der Waals surface area contributed by atoms with Gasteiger partial charge < -0.3 is 9.15 Å². The van der Waals surface area contributed by atoms with Gasteiger partial charge in [-0.1, -0.05) is 18.2 Å². The fourth-order valence-electron chi connectivity index (χ4n) is 2.13. The molecule has 2 atom stereocenters. The van der Waals surface area contributed by atoms with Crippen LogP contribution in [0.3, 0.4) is 0 Å². The molecule has 0 aliphatic heterocycles. The molecule has 0 saturated heterocycles. The predicted molar refractivity (Wildman–Crippen MR) is 76.2 cm³/mol. The average molecular weight is 291 g/mol. The number of nitrogens with one attached hydrogen (secondary N) is 1. The molecule has 0 spiro atoms. The van der Waals surface area contributed by atoms with Crippen LogP contribution in [-0.2, 0) is 9.53 Å². The van der Waals surface area contributed by atoms with Gasteiger partial charge in [-0.15, -0.1) is 0 Å². The SMILES string of the molecule is COC(=O)C(NC(C)c1ccc(C)o1)c1ccccc1F. The molecule has 2 unspecified atom stereocenters. The van der Waals surface area contributed by atoms with E-state index in [2.05, 4.69) is 5.32 Å². The summed E-state index contributed by atoms with van der Waals surface area (Å²) in [5, 5.41) is 3.05. The van der Waals surface area contributed by atoms with Gasteiger partial charge in [-0.05, 0) is 32.0 Å². The van der Waals surface area contributed by atoms with Crippen LogP contribution < -0.4 is 5.32 Å². The van der Waals surface area contributed by atoms with Crippen molar-refractivity contribution in [1.82, 2.24) is 5.32 Å². The zero-order valence-corrected chi connectivity index (χ0v) is 12.2. The van der Waals surface area contributed by atoms with E-state index in [0.29, 0.717) is 5.76 Å². The van der Waals surface area contributed by atoms with E-state index in [1.165, 1.54) is 13.2 Å². The first-order valence-corrected chi connectivity index (χ1v) is 6.67. The molecule has 5 heteroatoms. The summed E-state index contributed by atoms with van der Waals surface area (Å²) in [5.74, 6) is 0.454. The van der Waals surface area contributed by atoms with Crippen LogP contribution in [0, 0.1) is 12.7 Å². The summed E-state index contributed by atoms with van der Waals surface area (Å²) in [6, 6.07) is 8.63. The molecule has 0 aliphatic rings. The number of halogens is 1. The summed E-state index contributed by atoms with van der Waals surface area (Å²) < 4.78 is 24.2. The monoisotopic (exact) mass is 291 g/mol. The topological polar surface area (TPSA) is 51.5 Å². The Labute approximate surface area is 122 Å². The smallest absolute Gasteiger partial charge is 0.327 e. The van der Waals surface area contributed by atoms with Gasteiger partial charge in [-0.25, -0.2) is 9.18 Å². The third kappa shape index (κ3) is 3.49. The molecular weight excluding hydrogens is 273 g/mol. The number of rotatable bonds is 5. The number of esters is 1. The fraction of sp³-hybridized carbons (Fsp3) is 0.312. The van der Waals surface area contributed by atoms with E-state index in [9.17, 15) is 9.18 Å². The summed E-state index contributed by atoms with van der Waals surface area (Å²) >= 11 is 0. The van der Waals surface area contributed by atoms with Gasteiger partial charge in [-0.3, -0.25) is 5.32 Å². The summed E-state index contributed by atoms with van der Waals surface area (Å²) in [6.07, 6.45) is 0. The van der Waals surface area contributed by atoms with Crippen molar-refractivity contribution in [3.63, 3.8) is 0 Å². The maximum atomic E-state index is 13.9. The van der Waals surface area contributed by atoms with Crippen LogP contribution in [0.5, 0.6) is 0 Å². The Hall–Kier alpha value is -2.14. The van der Waals surface area contributed by atoms with Crippen LogP contribution in [-0.4, -0.2) is 13.1 Å². The number of hydrogen-bond donors (Lipinski definition) is 1. The summed E-state index contributed by atoms with van der Waals surface area (Å²) in [7, 11) is 1.28.